The van der Waals surface area contributed by atoms with E-state index in [4.69, 9.17) is 9.84 Å². The molecule has 0 saturated heterocycles. The Morgan fingerprint density at radius 2 is 1.22 bits per heavy atom. The number of carboxylic acid groups (broad SMARTS) is 1. The second kappa shape index (κ2) is 24.3. The molecule has 1 rings (SSSR count). The van der Waals surface area contributed by atoms with Crippen molar-refractivity contribution >= 4 is 23.8 Å². The highest BCUT2D eigenvalue weighted by molar-refractivity contribution is 5.98. The van der Waals surface area contributed by atoms with Crippen molar-refractivity contribution in [2.75, 3.05) is 6.61 Å². The number of carbonyl (C=O) groups excluding carboxylic acids is 3. The molecule has 0 radical (unpaired) electrons. The molecule has 2 unspecified atom stereocenters. The molecule has 0 fully saturated rings. The van der Waals surface area contributed by atoms with Crippen LogP contribution in [0.4, 0.5) is 0 Å². The smallest absolute Gasteiger partial charge is 0.329 e. The zero-order valence-electron chi connectivity index (χ0n) is 24.9. The molecule has 0 bridgehead atoms. The number of esters is 1. The van der Waals surface area contributed by atoms with Crippen LogP contribution in [0.5, 0.6) is 0 Å². The largest absolute Gasteiger partial charge is 0.481 e. The Morgan fingerprint density at radius 3 is 1.76 bits per heavy atom. The fraction of sp³-hybridized carbons (Fsp3) is 0.211. The summed E-state index contributed by atoms with van der Waals surface area (Å²) in [6.07, 6.45) is -0.676. The molecule has 0 aliphatic heterocycles. The number of benzene rings is 1. The minimum absolute atomic E-state index is 0.0447. The summed E-state index contributed by atoms with van der Waals surface area (Å²) in [6.45, 7) is 2.96. The van der Waals surface area contributed by atoms with E-state index < -0.39 is 42.3 Å². The minimum atomic E-state index is -1.33. The highest BCUT2D eigenvalue weighted by Gasteiger charge is 2.28. The Morgan fingerprint density at radius 1 is 0.696 bits per heavy atom. The van der Waals surface area contributed by atoms with Crippen LogP contribution in [-0.2, 0) is 30.3 Å². The van der Waals surface area contributed by atoms with Gasteiger partial charge in [-0.3, -0.25) is 14.4 Å². The van der Waals surface area contributed by atoms with Crippen LogP contribution in [0.15, 0.2) is 30.3 Å². The molecule has 0 aliphatic rings. The van der Waals surface area contributed by atoms with Crippen LogP contribution in [0.1, 0.15) is 32.3 Å². The first kappa shape index (κ1) is 36.7. The third-order valence-corrected chi connectivity index (χ3v) is 4.83. The Balaban J connectivity index is 3.01. The second-order valence-electron chi connectivity index (χ2n) is 8.12. The summed E-state index contributed by atoms with van der Waals surface area (Å²) >= 11 is 0. The van der Waals surface area contributed by atoms with E-state index in [9.17, 15) is 19.2 Å². The van der Waals surface area contributed by atoms with Gasteiger partial charge in [-0.25, -0.2) is 4.79 Å². The monoisotopic (exact) mass is 604 g/mol. The molecule has 46 heavy (non-hydrogen) atoms. The van der Waals surface area contributed by atoms with Gasteiger partial charge in [0.15, 0.2) is 6.61 Å². The summed E-state index contributed by atoms with van der Waals surface area (Å²) in [6, 6.07) is 6.28. The first-order chi connectivity index (χ1) is 22.4. The molecule has 0 spiro atoms. The van der Waals surface area contributed by atoms with Crippen LogP contribution in [0.3, 0.4) is 0 Å². The predicted octanol–water partition coefficient (Wildman–Crippen LogP) is 0.681. The third-order valence-electron chi connectivity index (χ3n) is 4.83. The van der Waals surface area contributed by atoms with Gasteiger partial charge < -0.3 is 20.5 Å². The third kappa shape index (κ3) is 18.9. The van der Waals surface area contributed by atoms with Crippen molar-refractivity contribution in [3.05, 3.63) is 35.9 Å². The number of aliphatic carboxylic acids is 1. The van der Waals surface area contributed by atoms with Crippen LogP contribution in [-0.4, -0.2) is 47.6 Å². The van der Waals surface area contributed by atoms with Gasteiger partial charge in [0.05, 0.1) is 0 Å². The Bertz CT molecular complexity index is 1950. The van der Waals surface area contributed by atoms with Crippen molar-refractivity contribution in [2.24, 2.45) is 0 Å². The number of hydrogen-bond donors (Lipinski definition) is 3. The maximum Gasteiger partial charge on any atom is 0.329 e. The molecule has 0 saturated carbocycles. The van der Waals surface area contributed by atoms with E-state index in [1.54, 1.807) is 44.2 Å². The van der Waals surface area contributed by atoms with Crippen molar-refractivity contribution in [1.29, 1.82) is 0 Å². The van der Waals surface area contributed by atoms with Gasteiger partial charge in [0.1, 0.15) is 12.1 Å². The van der Waals surface area contributed by atoms with Crippen molar-refractivity contribution in [2.45, 2.75) is 45.2 Å². The average Bonchev–Trinajstić information content (AvgIpc) is 3.04. The van der Waals surface area contributed by atoms with Crippen molar-refractivity contribution in [3.8, 4) is 118 Å². The van der Waals surface area contributed by atoms with E-state index in [-0.39, 0.29) is 19.4 Å². The van der Waals surface area contributed by atoms with Crippen LogP contribution in [0, 0.1) is 118 Å². The molecule has 1 aromatic rings. The summed E-state index contributed by atoms with van der Waals surface area (Å²) in [4.78, 5) is 49.6. The first-order valence-corrected chi connectivity index (χ1v) is 13.2. The van der Waals surface area contributed by atoms with E-state index in [1.165, 1.54) is 0 Å². The molecule has 0 aliphatic carbocycles. The number of rotatable bonds is 10. The van der Waals surface area contributed by atoms with E-state index >= 15 is 0 Å². The molecule has 8 nitrogen and oxygen atoms in total. The number of hydrogen-bond acceptors (Lipinski definition) is 5. The van der Waals surface area contributed by atoms with Crippen molar-refractivity contribution in [1.82, 2.24) is 10.6 Å². The Labute approximate surface area is 269 Å². The SMILES string of the molecule is CC#CC#CC#CC#CC#CCOC(=O)C(Cc1ccccc1)NC(=O)C(CCC(=O)O)NC(=O)C#CC#CC#CC#CC#CC. The number of ether oxygens (including phenoxy) is 1. The number of nitrogens with one attached hydrogen (secondary N) is 2. The van der Waals surface area contributed by atoms with E-state index in [2.05, 4.69) is 129 Å². The number of amides is 2. The van der Waals surface area contributed by atoms with E-state index in [1.807, 2.05) is 0 Å². The van der Waals surface area contributed by atoms with Crippen molar-refractivity contribution < 1.29 is 29.0 Å². The molecule has 0 heterocycles. The van der Waals surface area contributed by atoms with Crippen molar-refractivity contribution in [3.63, 3.8) is 0 Å². The average molecular weight is 605 g/mol. The van der Waals surface area contributed by atoms with Gasteiger partial charge in [-0.05, 0) is 126 Å². The standard InChI is InChI=1S/C38H24N2O6/c1-3-5-7-9-11-13-15-17-19-24-30-46-38(45)34(31-32-25-21-20-22-26-32)40-37(44)33(28-29-36(42)43)39-35(41)27-23-18-16-14-12-10-8-6-4-2/h20-22,25-26,33-34H,28-31H2,1-2H3,(H,39,41)(H,40,44)(H,42,43). The van der Waals surface area contributed by atoms with Gasteiger partial charge in [-0.2, -0.15) is 0 Å². The summed E-state index contributed by atoms with van der Waals surface area (Å²) in [5.41, 5.74) is 0.705. The molecule has 2 amide bonds. The number of carbonyl (C=O) groups is 4. The van der Waals surface area contributed by atoms with Crippen LogP contribution in [0.25, 0.3) is 0 Å². The quantitative estimate of drug-likeness (QED) is 0.267. The highest BCUT2D eigenvalue weighted by atomic mass is 16.5. The molecule has 1 aromatic carbocycles. The lowest BCUT2D eigenvalue weighted by Crippen LogP contribution is -2.52. The van der Waals surface area contributed by atoms with Gasteiger partial charge in [0, 0.05) is 18.8 Å². The minimum Gasteiger partial charge on any atom is -0.481 e. The Hall–Kier alpha value is -7.30. The van der Waals surface area contributed by atoms with Gasteiger partial charge in [-0.15, -0.1) is 0 Å². The van der Waals surface area contributed by atoms with Crippen LogP contribution in [0.2, 0.25) is 0 Å². The molecular formula is C38H24N2O6. The fourth-order valence-corrected chi connectivity index (χ4v) is 2.92. The number of carboxylic acids is 1. The topological polar surface area (TPSA) is 122 Å². The fourth-order valence-electron chi connectivity index (χ4n) is 2.92. The zero-order valence-corrected chi connectivity index (χ0v) is 24.9. The molecule has 222 valence electrons. The van der Waals surface area contributed by atoms with Crippen LogP contribution < -0.4 is 10.6 Å². The van der Waals surface area contributed by atoms with Gasteiger partial charge in [0.25, 0.3) is 5.91 Å². The van der Waals surface area contributed by atoms with Crippen LogP contribution >= 0.6 is 0 Å². The predicted molar refractivity (Wildman–Crippen MR) is 171 cm³/mol. The molecular weight excluding hydrogens is 580 g/mol. The normalized spacial score (nSPS) is 8.83. The molecule has 0 aromatic heterocycles. The first-order valence-electron chi connectivity index (χ1n) is 13.2. The Kier molecular flexibility index (Phi) is 19.4. The zero-order chi connectivity index (χ0) is 33.7. The summed E-state index contributed by atoms with van der Waals surface area (Å²) in [7, 11) is 0. The molecule has 2 atom stereocenters. The van der Waals surface area contributed by atoms with Gasteiger partial charge in [-0.1, -0.05) is 42.2 Å². The summed E-state index contributed by atoms with van der Waals surface area (Å²) in [5, 5.41) is 14.0. The molecule has 8 heteroatoms. The van der Waals surface area contributed by atoms with Gasteiger partial charge >= 0.3 is 11.9 Å². The lowest BCUT2D eigenvalue weighted by atomic mass is 10.0. The van der Waals surface area contributed by atoms with E-state index in [0.717, 1.165) is 0 Å². The lowest BCUT2D eigenvalue weighted by Gasteiger charge is -2.21. The van der Waals surface area contributed by atoms with Gasteiger partial charge in [0.2, 0.25) is 5.91 Å². The van der Waals surface area contributed by atoms with E-state index in [0.29, 0.717) is 5.56 Å². The molecule has 3 N–H and O–H groups in total. The second-order valence-corrected chi connectivity index (χ2v) is 8.12. The maximum atomic E-state index is 13.2. The summed E-state index contributed by atoms with van der Waals surface area (Å²) in [5.74, 6) is 45.4. The summed E-state index contributed by atoms with van der Waals surface area (Å²) < 4.78 is 5.21. The lowest BCUT2D eigenvalue weighted by molar-refractivity contribution is -0.147. The maximum absolute atomic E-state index is 13.2. The highest BCUT2D eigenvalue weighted by Crippen LogP contribution is 2.07.